The third-order valence-corrected chi connectivity index (χ3v) is 3.77. The fourth-order valence-electron chi connectivity index (χ4n) is 2.69. The molecule has 1 aromatic heterocycles. The van der Waals surface area contributed by atoms with Gasteiger partial charge in [0.15, 0.2) is 0 Å². The zero-order valence-corrected chi connectivity index (χ0v) is 11.1. The molecule has 6 heteroatoms. The van der Waals surface area contributed by atoms with Gasteiger partial charge in [0.2, 0.25) is 0 Å². The molecule has 2 N–H and O–H groups in total. The molecular formula is C14H17FN4O. The summed E-state index contributed by atoms with van der Waals surface area (Å²) >= 11 is 0. The standard InChI is InChI=1S/C14H17FN4O/c15-11-3-1-2-4-12(11)19-13(17-18-14(19)20)9-10-5-7-16-8-6-10/h1-4,10,16H,5-9H2,(H,18,20). The molecule has 0 amide bonds. The molecule has 2 aromatic rings. The predicted molar refractivity (Wildman–Crippen MR) is 73.4 cm³/mol. The summed E-state index contributed by atoms with van der Waals surface area (Å²) in [7, 11) is 0. The van der Waals surface area contributed by atoms with Gasteiger partial charge in [0.05, 0.1) is 5.69 Å². The number of para-hydroxylation sites is 1. The Kier molecular flexibility index (Phi) is 3.64. The highest BCUT2D eigenvalue weighted by Crippen LogP contribution is 2.19. The minimum absolute atomic E-state index is 0.259. The molecule has 2 heterocycles. The third-order valence-electron chi connectivity index (χ3n) is 3.77. The van der Waals surface area contributed by atoms with E-state index in [1.54, 1.807) is 18.2 Å². The van der Waals surface area contributed by atoms with Gasteiger partial charge in [-0.15, -0.1) is 0 Å². The predicted octanol–water partition coefficient (Wildman–Crippen LogP) is 1.24. The van der Waals surface area contributed by atoms with Gasteiger partial charge in [-0.3, -0.25) is 0 Å². The highest BCUT2D eigenvalue weighted by atomic mass is 19.1. The Bertz CT molecular complexity index is 643. The van der Waals surface area contributed by atoms with Crippen molar-refractivity contribution in [2.24, 2.45) is 5.92 Å². The Balaban J connectivity index is 1.93. The highest BCUT2D eigenvalue weighted by molar-refractivity contribution is 5.34. The minimum atomic E-state index is -0.414. The number of aromatic amines is 1. The number of nitrogens with zero attached hydrogens (tertiary/aromatic N) is 2. The molecule has 0 unspecified atom stereocenters. The van der Waals surface area contributed by atoms with E-state index in [2.05, 4.69) is 15.5 Å². The van der Waals surface area contributed by atoms with Crippen LogP contribution in [0.3, 0.4) is 0 Å². The Morgan fingerprint density at radius 3 is 2.80 bits per heavy atom. The van der Waals surface area contributed by atoms with Crippen molar-refractivity contribution in [2.75, 3.05) is 13.1 Å². The Labute approximate surface area is 115 Å². The molecule has 1 aliphatic rings. The number of H-pyrrole nitrogens is 1. The number of rotatable bonds is 3. The highest BCUT2D eigenvalue weighted by Gasteiger charge is 2.19. The van der Waals surface area contributed by atoms with Crippen LogP contribution in [0.4, 0.5) is 4.39 Å². The topological polar surface area (TPSA) is 62.7 Å². The van der Waals surface area contributed by atoms with Crippen LogP contribution >= 0.6 is 0 Å². The van der Waals surface area contributed by atoms with Crippen molar-refractivity contribution in [3.8, 4) is 5.69 Å². The molecule has 1 saturated heterocycles. The van der Waals surface area contributed by atoms with Gasteiger partial charge in [-0.1, -0.05) is 12.1 Å². The van der Waals surface area contributed by atoms with Crippen LogP contribution < -0.4 is 11.0 Å². The Morgan fingerprint density at radius 2 is 2.05 bits per heavy atom. The second-order valence-electron chi connectivity index (χ2n) is 5.13. The van der Waals surface area contributed by atoms with Gasteiger partial charge in [0, 0.05) is 6.42 Å². The normalized spacial score (nSPS) is 16.4. The lowest BCUT2D eigenvalue weighted by atomic mass is 9.94. The van der Waals surface area contributed by atoms with Gasteiger partial charge in [-0.25, -0.2) is 18.9 Å². The lowest BCUT2D eigenvalue weighted by molar-refractivity contribution is 0.365. The summed E-state index contributed by atoms with van der Waals surface area (Å²) in [6, 6.07) is 6.27. The number of aromatic nitrogens is 3. The summed E-state index contributed by atoms with van der Waals surface area (Å²) in [5.74, 6) is 0.673. The molecule has 0 radical (unpaired) electrons. The molecule has 5 nitrogen and oxygen atoms in total. The molecule has 106 valence electrons. The fraction of sp³-hybridized carbons (Fsp3) is 0.429. The lowest BCUT2D eigenvalue weighted by Gasteiger charge is -2.22. The van der Waals surface area contributed by atoms with Crippen molar-refractivity contribution in [3.63, 3.8) is 0 Å². The number of nitrogens with one attached hydrogen (secondary N) is 2. The average molecular weight is 276 g/mol. The van der Waals surface area contributed by atoms with Crippen LogP contribution in [0.1, 0.15) is 18.7 Å². The third kappa shape index (κ3) is 2.51. The van der Waals surface area contributed by atoms with Crippen LogP contribution in [0.25, 0.3) is 5.69 Å². The Morgan fingerprint density at radius 1 is 1.30 bits per heavy atom. The average Bonchev–Trinajstić information content (AvgIpc) is 2.82. The Hall–Kier alpha value is -1.95. The van der Waals surface area contributed by atoms with Gasteiger partial charge in [-0.2, -0.15) is 5.10 Å². The number of benzene rings is 1. The molecular weight excluding hydrogens is 259 g/mol. The molecule has 0 bridgehead atoms. The van der Waals surface area contributed by atoms with Gasteiger partial charge >= 0.3 is 5.69 Å². The maximum absolute atomic E-state index is 13.9. The fourth-order valence-corrected chi connectivity index (χ4v) is 2.69. The molecule has 1 fully saturated rings. The molecule has 1 aliphatic heterocycles. The summed E-state index contributed by atoms with van der Waals surface area (Å²) in [6.07, 6.45) is 2.80. The molecule has 3 rings (SSSR count). The van der Waals surface area contributed by atoms with E-state index in [4.69, 9.17) is 0 Å². The first-order chi connectivity index (χ1) is 9.75. The SMILES string of the molecule is O=c1[nH]nc(CC2CCNCC2)n1-c1ccccc1F. The molecule has 0 saturated carbocycles. The first-order valence-corrected chi connectivity index (χ1v) is 6.87. The van der Waals surface area contributed by atoms with Crippen molar-refractivity contribution in [3.05, 3.63) is 46.4 Å². The number of piperidine rings is 1. The van der Waals surface area contributed by atoms with Crippen molar-refractivity contribution in [1.82, 2.24) is 20.1 Å². The molecule has 0 spiro atoms. The van der Waals surface area contributed by atoms with Crippen molar-refractivity contribution >= 4 is 0 Å². The summed E-state index contributed by atoms with van der Waals surface area (Å²) in [5.41, 5.74) is -0.130. The van der Waals surface area contributed by atoms with Crippen LogP contribution in [-0.4, -0.2) is 27.9 Å². The summed E-state index contributed by atoms with van der Waals surface area (Å²) < 4.78 is 15.2. The van der Waals surface area contributed by atoms with Crippen LogP contribution in [0, 0.1) is 11.7 Å². The van der Waals surface area contributed by atoms with E-state index in [9.17, 15) is 9.18 Å². The van der Waals surface area contributed by atoms with Crippen LogP contribution in [0.5, 0.6) is 0 Å². The molecule has 0 aliphatic carbocycles. The number of hydrogen-bond acceptors (Lipinski definition) is 3. The summed E-state index contributed by atoms with van der Waals surface area (Å²) in [5, 5.41) is 9.80. The second-order valence-corrected chi connectivity index (χ2v) is 5.13. The van der Waals surface area contributed by atoms with Crippen LogP contribution in [-0.2, 0) is 6.42 Å². The van der Waals surface area contributed by atoms with Crippen molar-refractivity contribution in [2.45, 2.75) is 19.3 Å². The van der Waals surface area contributed by atoms with E-state index in [1.807, 2.05) is 0 Å². The van der Waals surface area contributed by atoms with E-state index < -0.39 is 5.82 Å². The molecule has 1 aromatic carbocycles. The maximum Gasteiger partial charge on any atom is 0.348 e. The van der Waals surface area contributed by atoms with E-state index >= 15 is 0 Å². The first kappa shape index (κ1) is 13.1. The van der Waals surface area contributed by atoms with Gasteiger partial charge < -0.3 is 5.32 Å². The monoisotopic (exact) mass is 276 g/mol. The van der Waals surface area contributed by atoms with E-state index in [0.29, 0.717) is 18.2 Å². The van der Waals surface area contributed by atoms with Crippen molar-refractivity contribution < 1.29 is 4.39 Å². The second kappa shape index (κ2) is 5.58. The smallest absolute Gasteiger partial charge is 0.317 e. The van der Waals surface area contributed by atoms with Gasteiger partial charge in [0.1, 0.15) is 11.6 Å². The van der Waals surface area contributed by atoms with E-state index in [1.165, 1.54) is 10.6 Å². The minimum Gasteiger partial charge on any atom is -0.317 e. The first-order valence-electron chi connectivity index (χ1n) is 6.87. The molecule has 0 atom stereocenters. The van der Waals surface area contributed by atoms with E-state index in [-0.39, 0.29) is 11.4 Å². The van der Waals surface area contributed by atoms with Gasteiger partial charge in [0.25, 0.3) is 0 Å². The summed E-state index contributed by atoms with van der Waals surface area (Å²) in [6.45, 7) is 1.97. The van der Waals surface area contributed by atoms with Crippen LogP contribution in [0.2, 0.25) is 0 Å². The van der Waals surface area contributed by atoms with Crippen LogP contribution in [0.15, 0.2) is 29.1 Å². The maximum atomic E-state index is 13.9. The number of halogens is 1. The van der Waals surface area contributed by atoms with Gasteiger partial charge in [-0.05, 0) is 44.0 Å². The molecule has 20 heavy (non-hydrogen) atoms. The quantitative estimate of drug-likeness (QED) is 0.886. The summed E-state index contributed by atoms with van der Waals surface area (Å²) in [4.78, 5) is 11.9. The lowest BCUT2D eigenvalue weighted by Crippen LogP contribution is -2.29. The largest absolute Gasteiger partial charge is 0.348 e. The van der Waals surface area contributed by atoms with Crippen molar-refractivity contribution in [1.29, 1.82) is 0 Å². The number of hydrogen-bond donors (Lipinski definition) is 2. The zero-order valence-electron chi connectivity index (χ0n) is 11.1. The zero-order chi connectivity index (χ0) is 13.9. The van der Waals surface area contributed by atoms with E-state index in [0.717, 1.165) is 25.9 Å².